The first-order valence-electron chi connectivity index (χ1n) is 8.89. The van der Waals surface area contributed by atoms with Gasteiger partial charge in [0.2, 0.25) is 0 Å². The van der Waals surface area contributed by atoms with E-state index >= 15 is 0 Å². The van der Waals surface area contributed by atoms with Crippen molar-refractivity contribution in [2.75, 3.05) is 6.61 Å². The molecular weight excluding hydrogens is 256 g/mol. The van der Waals surface area contributed by atoms with Crippen molar-refractivity contribution in [3.8, 4) is 0 Å². The Kier molecular flexibility index (Phi) is 3.84. The molecule has 0 aromatic rings. The number of hydrogen-bond acceptors (Lipinski definition) is 1. The second-order valence-electron chi connectivity index (χ2n) is 8.62. The summed E-state index contributed by atoms with van der Waals surface area (Å²) in [5.74, 6) is 2.74. The Morgan fingerprint density at radius 2 is 2.05 bits per heavy atom. The average molecular weight is 288 g/mol. The van der Waals surface area contributed by atoms with Crippen molar-refractivity contribution in [1.29, 1.82) is 0 Å². The predicted molar refractivity (Wildman–Crippen MR) is 88.9 cm³/mol. The highest BCUT2D eigenvalue weighted by atomic mass is 16.3. The maximum Gasteiger partial charge on any atom is 0.0493 e. The number of aliphatic hydroxyl groups is 1. The van der Waals surface area contributed by atoms with Crippen LogP contribution >= 0.6 is 0 Å². The van der Waals surface area contributed by atoms with Gasteiger partial charge in [0.1, 0.15) is 0 Å². The van der Waals surface area contributed by atoms with Gasteiger partial charge < -0.3 is 5.11 Å². The van der Waals surface area contributed by atoms with Crippen molar-refractivity contribution in [3.05, 3.63) is 23.8 Å². The summed E-state index contributed by atoms with van der Waals surface area (Å²) in [7, 11) is 0. The van der Waals surface area contributed by atoms with E-state index in [0.29, 0.717) is 35.7 Å². The van der Waals surface area contributed by atoms with Crippen LogP contribution in [0.2, 0.25) is 0 Å². The summed E-state index contributed by atoms with van der Waals surface area (Å²) in [6.07, 6.45) is 13.6. The number of fused-ring (bicyclic) bond motifs is 3. The Balaban J connectivity index is 1.98. The first-order chi connectivity index (χ1) is 9.93. The molecule has 0 bridgehead atoms. The second kappa shape index (κ2) is 5.26. The largest absolute Gasteiger partial charge is 0.396 e. The normalized spacial score (nSPS) is 46.0. The molecule has 0 spiro atoms. The molecule has 0 heterocycles. The maximum atomic E-state index is 10.3. The molecule has 3 aliphatic rings. The van der Waals surface area contributed by atoms with Crippen LogP contribution in [-0.2, 0) is 0 Å². The van der Waals surface area contributed by atoms with E-state index in [9.17, 15) is 5.11 Å². The highest BCUT2D eigenvalue weighted by Gasteiger charge is 2.58. The summed E-state index contributed by atoms with van der Waals surface area (Å²) in [6, 6.07) is 0. The quantitative estimate of drug-likeness (QED) is 0.760. The standard InChI is InChI=1S/C20H32O/c1-14(2)16-7-8-18-17-6-5-15(3)9-10-19(17,4)11-12-20(16,18)13-21/h5-6,9,14,16-18,21H,7-8,10-13H2,1-4H3. The summed E-state index contributed by atoms with van der Waals surface area (Å²) >= 11 is 0. The minimum absolute atomic E-state index is 0.195. The van der Waals surface area contributed by atoms with Crippen LogP contribution in [0.25, 0.3) is 0 Å². The molecule has 0 aromatic heterocycles. The van der Waals surface area contributed by atoms with E-state index in [1.54, 1.807) is 0 Å². The Morgan fingerprint density at radius 1 is 1.29 bits per heavy atom. The molecule has 1 nitrogen and oxygen atoms in total. The van der Waals surface area contributed by atoms with E-state index in [1.165, 1.54) is 37.7 Å². The fourth-order valence-electron chi connectivity index (χ4n) is 5.92. The van der Waals surface area contributed by atoms with E-state index in [-0.39, 0.29) is 5.41 Å². The van der Waals surface area contributed by atoms with Crippen LogP contribution in [0.1, 0.15) is 59.8 Å². The Labute approximate surface area is 130 Å². The highest BCUT2D eigenvalue weighted by Crippen LogP contribution is 2.65. The monoisotopic (exact) mass is 288 g/mol. The predicted octanol–water partition coefficient (Wildman–Crippen LogP) is 4.97. The van der Waals surface area contributed by atoms with Gasteiger partial charge in [0, 0.05) is 6.61 Å². The minimum Gasteiger partial charge on any atom is -0.396 e. The van der Waals surface area contributed by atoms with Gasteiger partial charge in [-0.15, -0.1) is 0 Å². The van der Waals surface area contributed by atoms with E-state index in [2.05, 4.69) is 45.9 Å². The molecule has 3 rings (SSSR count). The lowest BCUT2D eigenvalue weighted by Crippen LogP contribution is -2.49. The molecule has 5 unspecified atom stereocenters. The van der Waals surface area contributed by atoms with Crippen LogP contribution < -0.4 is 0 Å². The summed E-state index contributed by atoms with van der Waals surface area (Å²) in [5.41, 5.74) is 2.02. The second-order valence-corrected chi connectivity index (χ2v) is 8.62. The summed E-state index contributed by atoms with van der Waals surface area (Å²) in [5, 5.41) is 10.3. The summed E-state index contributed by atoms with van der Waals surface area (Å²) in [4.78, 5) is 0. The highest BCUT2D eigenvalue weighted by molar-refractivity contribution is 5.24. The third-order valence-corrected chi connectivity index (χ3v) is 7.22. The molecule has 2 fully saturated rings. The van der Waals surface area contributed by atoms with Gasteiger partial charge in [0.15, 0.2) is 0 Å². The number of aliphatic hydroxyl groups excluding tert-OH is 1. The molecule has 1 N–H and O–H groups in total. The van der Waals surface area contributed by atoms with Crippen LogP contribution in [0.5, 0.6) is 0 Å². The summed E-state index contributed by atoms with van der Waals surface area (Å²) in [6.45, 7) is 9.82. The van der Waals surface area contributed by atoms with Crippen molar-refractivity contribution < 1.29 is 5.11 Å². The fourth-order valence-corrected chi connectivity index (χ4v) is 5.92. The van der Waals surface area contributed by atoms with Gasteiger partial charge in [-0.2, -0.15) is 0 Å². The van der Waals surface area contributed by atoms with Gasteiger partial charge in [-0.25, -0.2) is 0 Å². The number of rotatable bonds is 2. The molecule has 0 radical (unpaired) electrons. The summed E-state index contributed by atoms with van der Waals surface area (Å²) < 4.78 is 0. The van der Waals surface area contributed by atoms with Crippen molar-refractivity contribution in [2.24, 2.45) is 34.5 Å². The molecule has 1 heteroatoms. The molecule has 21 heavy (non-hydrogen) atoms. The molecule has 2 saturated carbocycles. The van der Waals surface area contributed by atoms with Gasteiger partial charge in [-0.05, 0) is 73.5 Å². The molecule has 118 valence electrons. The lowest BCUT2D eigenvalue weighted by molar-refractivity contribution is -0.0698. The first-order valence-corrected chi connectivity index (χ1v) is 8.89. The third-order valence-electron chi connectivity index (χ3n) is 7.22. The van der Waals surface area contributed by atoms with E-state index in [0.717, 1.165) is 0 Å². The van der Waals surface area contributed by atoms with Gasteiger partial charge >= 0.3 is 0 Å². The molecule has 3 aliphatic carbocycles. The van der Waals surface area contributed by atoms with E-state index in [4.69, 9.17) is 0 Å². The van der Waals surface area contributed by atoms with Crippen LogP contribution in [0.15, 0.2) is 23.8 Å². The molecule has 5 atom stereocenters. The zero-order valence-electron chi connectivity index (χ0n) is 14.2. The van der Waals surface area contributed by atoms with Crippen molar-refractivity contribution in [2.45, 2.75) is 59.8 Å². The molecule has 0 aliphatic heterocycles. The van der Waals surface area contributed by atoms with E-state index in [1.807, 2.05) is 0 Å². The van der Waals surface area contributed by atoms with Crippen molar-refractivity contribution in [3.63, 3.8) is 0 Å². The van der Waals surface area contributed by atoms with Gasteiger partial charge in [-0.1, -0.05) is 44.6 Å². The minimum atomic E-state index is 0.195. The lowest BCUT2D eigenvalue weighted by Gasteiger charge is -2.54. The van der Waals surface area contributed by atoms with Crippen LogP contribution in [0.4, 0.5) is 0 Å². The van der Waals surface area contributed by atoms with Crippen LogP contribution in [0.3, 0.4) is 0 Å². The maximum absolute atomic E-state index is 10.3. The molecule has 0 aromatic carbocycles. The molecular formula is C20H32O. The molecule has 0 amide bonds. The number of hydrogen-bond donors (Lipinski definition) is 1. The Morgan fingerprint density at radius 3 is 2.71 bits per heavy atom. The zero-order valence-corrected chi connectivity index (χ0v) is 14.2. The van der Waals surface area contributed by atoms with Gasteiger partial charge in [0.25, 0.3) is 0 Å². The van der Waals surface area contributed by atoms with Crippen molar-refractivity contribution >= 4 is 0 Å². The van der Waals surface area contributed by atoms with Gasteiger partial charge in [-0.3, -0.25) is 0 Å². The SMILES string of the molecule is CC1=CCC2(C)CCC3(CO)C(C(C)C)CCC3C2C=C1. The smallest absolute Gasteiger partial charge is 0.0493 e. The molecule has 0 saturated heterocycles. The van der Waals surface area contributed by atoms with Crippen LogP contribution in [-0.4, -0.2) is 11.7 Å². The average Bonchev–Trinajstić information content (AvgIpc) is 2.77. The third kappa shape index (κ3) is 2.23. The topological polar surface area (TPSA) is 20.2 Å². The fraction of sp³-hybridized carbons (Fsp3) is 0.800. The van der Waals surface area contributed by atoms with E-state index < -0.39 is 0 Å². The Bertz CT molecular complexity index is 460. The zero-order chi connectivity index (χ0) is 15.3. The number of allylic oxidation sites excluding steroid dienone is 4. The van der Waals surface area contributed by atoms with Crippen LogP contribution in [0, 0.1) is 34.5 Å². The lowest BCUT2D eigenvalue weighted by atomic mass is 9.51. The Hall–Kier alpha value is -0.560. The first kappa shape index (κ1) is 15.3. The van der Waals surface area contributed by atoms with Gasteiger partial charge in [0.05, 0.1) is 0 Å². The van der Waals surface area contributed by atoms with Crippen molar-refractivity contribution in [1.82, 2.24) is 0 Å².